The number of carbonyl (C=O) groups excluding carboxylic acids is 2. The van der Waals surface area contributed by atoms with Gasteiger partial charge in [0.15, 0.2) is 0 Å². The van der Waals surface area contributed by atoms with Crippen molar-refractivity contribution < 1.29 is 32.6 Å². The predicted molar refractivity (Wildman–Crippen MR) is 119 cm³/mol. The first kappa shape index (κ1) is 25.7. The number of phenolic OH excluding ortho intramolecular Hbond substituents is 1. The molecule has 176 valence electrons. The van der Waals surface area contributed by atoms with Crippen LogP contribution in [0.5, 0.6) is 5.75 Å². The number of nitrogens with one attached hydrogen (secondary N) is 1. The Hall–Kier alpha value is -3.53. The first-order chi connectivity index (χ1) is 15.5. The fraction of sp³-hybridized carbons (Fsp3) is 0.227. The fourth-order valence-corrected chi connectivity index (χ4v) is 2.87. The Morgan fingerprint density at radius 3 is 2.52 bits per heavy atom. The first-order valence-electron chi connectivity index (χ1n) is 9.52. The quantitative estimate of drug-likeness (QED) is 0.293. The highest BCUT2D eigenvalue weighted by molar-refractivity contribution is 6.31. The average Bonchev–Trinajstić information content (AvgIpc) is 2.75. The summed E-state index contributed by atoms with van der Waals surface area (Å²) < 4.78 is 45.1. The standard InChI is InChI=1S/C19H14ClF3N2O3.C3H7NO/c1-2-28-18(27)12-9-24-17-11(4-3-5-13(17)19(21,22)23)16(12)25-14-8-10(20)6-7-15(14)26;1-4(2)3-5/h3-9,26H,2H2,1H3,(H,24,25);3H,1-2H3. The third kappa shape index (κ3) is 6.48. The van der Waals surface area contributed by atoms with Crippen LogP contribution < -0.4 is 5.32 Å². The molecule has 3 aromatic rings. The number of amides is 1. The van der Waals surface area contributed by atoms with Crippen molar-refractivity contribution in [2.24, 2.45) is 0 Å². The maximum Gasteiger partial charge on any atom is 0.418 e. The second-order valence-corrected chi connectivity index (χ2v) is 7.26. The highest BCUT2D eigenvalue weighted by atomic mass is 35.5. The largest absolute Gasteiger partial charge is 0.506 e. The van der Waals surface area contributed by atoms with Crippen molar-refractivity contribution in [2.45, 2.75) is 13.1 Å². The summed E-state index contributed by atoms with van der Waals surface area (Å²) in [5.74, 6) is -0.963. The van der Waals surface area contributed by atoms with Gasteiger partial charge in [-0.2, -0.15) is 13.2 Å². The van der Waals surface area contributed by atoms with Gasteiger partial charge >= 0.3 is 12.1 Å². The van der Waals surface area contributed by atoms with E-state index in [0.717, 1.165) is 18.7 Å². The Kier molecular flexibility index (Phi) is 8.47. The number of ether oxygens (including phenoxy) is 1. The van der Waals surface area contributed by atoms with Crippen LogP contribution in [-0.2, 0) is 15.7 Å². The number of benzene rings is 2. The van der Waals surface area contributed by atoms with E-state index in [0.29, 0.717) is 0 Å². The first-order valence-corrected chi connectivity index (χ1v) is 9.90. The van der Waals surface area contributed by atoms with Gasteiger partial charge in [0.05, 0.1) is 29.1 Å². The zero-order valence-corrected chi connectivity index (χ0v) is 18.7. The predicted octanol–water partition coefficient (Wildman–Crippen LogP) is 5.24. The number of para-hydroxylation sites is 1. The van der Waals surface area contributed by atoms with Gasteiger partial charge in [-0.1, -0.05) is 23.7 Å². The topological polar surface area (TPSA) is 91.8 Å². The molecule has 7 nitrogen and oxygen atoms in total. The molecule has 1 aromatic heterocycles. The number of hydrogen-bond donors (Lipinski definition) is 2. The number of aromatic hydroxyl groups is 1. The lowest BCUT2D eigenvalue weighted by molar-refractivity contribution is -0.136. The van der Waals surface area contributed by atoms with Crippen molar-refractivity contribution in [3.05, 3.63) is 58.7 Å². The van der Waals surface area contributed by atoms with Gasteiger partial charge in [0.2, 0.25) is 6.41 Å². The minimum Gasteiger partial charge on any atom is -0.506 e. The Morgan fingerprint density at radius 1 is 1.27 bits per heavy atom. The van der Waals surface area contributed by atoms with Crippen LogP contribution in [0.25, 0.3) is 10.9 Å². The van der Waals surface area contributed by atoms with E-state index in [1.54, 1.807) is 21.0 Å². The summed E-state index contributed by atoms with van der Waals surface area (Å²) in [7, 11) is 3.38. The van der Waals surface area contributed by atoms with Crippen molar-refractivity contribution in [3.8, 4) is 5.75 Å². The highest BCUT2D eigenvalue weighted by Crippen LogP contribution is 2.39. The lowest BCUT2D eigenvalue weighted by atomic mass is 10.0. The van der Waals surface area contributed by atoms with E-state index in [2.05, 4.69) is 10.3 Å². The normalized spacial score (nSPS) is 10.8. The van der Waals surface area contributed by atoms with Crippen LogP contribution in [0.2, 0.25) is 5.02 Å². The van der Waals surface area contributed by atoms with Crippen molar-refractivity contribution in [3.63, 3.8) is 0 Å². The van der Waals surface area contributed by atoms with E-state index in [-0.39, 0.29) is 45.2 Å². The summed E-state index contributed by atoms with van der Waals surface area (Å²) in [5, 5.41) is 13.2. The van der Waals surface area contributed by atoms with Gasteiger partial charge in [-0.15, -0.1) is 0 Å². The molecule has 0 fully saturated rings. The van der Waals surface area contributed by atoms with Crippen molar-refractivity contribution >= 4 is 46.3 Å². The second kappa shape index (κ2) is 10.9. The summed E-state index contributed by atoms with van der Waals surface area (Å²) >= 11 is 5.93. The summed E-state index contributed by atoms with van der Waals surface area (Å²) in [4.78, 5) is 27.0. The molecule has 11 heteroatoms. The smallest absolute Gasteiger partial charge is 0.418 e. The molecule has 0 spiro atoms. The number of hydrogen-bond acceptors (Lipinski definition) is 6. The number of esters is 1. The number of nitrogens with zero attached hydrogens (tertiary/aromatic N) is 2. The fourth-order valence-electron chi connectivity index (χ4n) is 2.69. The van der Waals surface area contributed by atoms with Gasteiger partial charge < -0.3 is 20.1 Å². The zero-order valence-electron chi connectivity index (χ0n) is 17.9. The molecule has 0 saturated carbocycles. The minimum atomic E-state index is -4.63. The molecule has 0 bridgehead atoms. The molecule has 0 aliphatic rings. The Bertz CT molecular complexity index is 1150. The van der Waals surface area contributed by atoms with E-state index in [9.17, 15) is 27.9 Å². The van der Waals surface area contributed by atoms with E-state index >= 15 is 0 Å². The number of anilines is 2. The molecule has 0 atom stereocenters. The van der Waals surface area contributed by atoms with E-state index in [1.807, 2.05) is 0 Å². The van der Waals surface area contributed by atoms with Gasteiger partial charge in [0, 0.05) is 30.7 Å². The highest BCUT2D eigenvalue weighted by Gasteiger charge is 2.34. The number of phenols is 1. The zero-order chi connectivity index (χ0) is 24.8. The van der Waals surface area contributed by atoms with Crippen LogP contribution in [0, 0.1) is 0 Å². The SMILES string of the molecule is CCOC(=O)c1cnc2c(C(F)(F)F)cccc2c1Nc1cc(Cl)ccc1O.CN(C)C=O. The van der Waals surface area contributed by atoms with Crippen LogP contribution >= 0.6 is 11.6 Å². The van der Waals surface area contributed by atoms with Crippen LogP contribution in [0.3, 0.4) is 0 Å². The van der Waals surface area contributed by atoms with Crippen LogP contribution in [0.1, 0.15) is 22.8 Å². The number of pyridine rings is 1. The monoisotopic (exact) mass is 483 g/mol. The summed E-state index contributed by atoms with van der Waals surface area (Å²) in [6.07, 6.45) is -2.87. The average molecular weight is 484 g/mol. The van der Waals surface area contributed by atoms with Crippen molar-refractivity contribution in [2.75, 3.05) is 26.0 Å². The van der Waals surface area contributed by atoms with Gasteiger partial charge in [0.25, 0.3) is 0 Å². The Morgan fingerprint density at radius 2 is 1.94 bits per heavy atom. The number of rotatable bonds is 5. The molecule has 1 heterocycles. The maximum absolute atomic E-state index is 13.4. The molecule has 1 amide bonds. The number of aromatic nitrogens is 1. The molecule has 3 rings (SSSR count). The third-order valence-corrected chi connectivity index (χ3v) is 4.36. The van der Waals surface area contributed by atoms with Crippen LogP contribution in [-0.4, -0.2) is 48.1 Å². The molecule has 2 aromatic carbocycles. The Labute approximate surface area is 192 Å². The third-order valence-electron chi connectivity index (χ3n) is 4.13. The Balaban J connectivity index is 0.000000696. The number of fused-ring (bicyclic) bond motifs is 1. The van der Waals surface area contributed by atoms with E-state index < -0.39 is 17.7 Å². The van der Waals surface area contributed by atoms with Crippen molar-refractivity contribution in [1.29, 1.82) is 0 Å². The molecule has 2 N–H and O–H groups in total. The molecule has 0 aliphatic heterocycles. The lowest BCUT2D eigenvalue weighted by Gasteiger charge is -2.17. The summed E-state index contributed by atoms with van der Waals surface area (Å²) in [6.45, 7) is 1.67. The number of carbonyl (C=O) groups is 2. The number of alkyl halides is 3. The van der Waals surface area contributed by atoms with Gasteiger partial charge in [-0.25, -0.2) is 4.79 Å². The maximum atomic E-state index is 13.4. The second-order valence-electron chi connectivity index (χ2n) is 6.82. The van der Waals surface area contributed by atoms with Gasteiger partial charge in [0.1, 0.15) is 11.3 Å². The molecular formula is C22H21ClF3N3O4. The molecular weight excluding hydrogens is 463 g/mol. The van der Waals surface area contributed by atoms with Gasteiger partial charge in [-0.3, -0.25) is 9.78 Å². The van der Waals surface area contributed by atoms with E-state index in [4.69, 9.17) is 16.3 Å². The minimum absolute atomic E-state index is 0.0205. The molecule has 0 aliphatic carbocycles. The molecule has 33 heavy (non-hydrogen) atoms. The summed E-state index contributed by atoms with van der Waals surface area (Å²) in [5.41, 5.74) is -1.23. The molecule has 0 saturated heterocycles. The van der Waals surface area contributed by atoms with Gasteiger partial charge in [-0.05, 0) is 31.2 Å². The molecule has 0 unspecified atom stereocenters. The van der Waals surface area contributed by atoms with Crippen LogP contribution in [0.4, 0.5) is 24.5 Å². The van der Waals surface area contributed by atoms with Crippen molar-refractivity contribution in [1.82, 2.24) is 9.88 Å². The summed E-state index contributed by atoms with van der Waals surface area (Å²) in [6, 6.07) is 7.65. The number of halogens is 4. The molecule has 0 radical (unpaired) electrons. The van der Waals surface area contributed by atoms with Crippen LogP contribution in [0.15, 0.2) is 42.6 Å². The lowest BCUT2D eigenvalue weighted by Crippen LogP contribution is -2.11. The van der Waals surface area contributed by atoms with E-state index in [1.165, 1.54) is 35.2 Å².